The van der Waals surface area contributed by atoms with Gasteiger partial charge in [0.2, 0.25) is 0 Å². The van der Waals surface area contributed by atoms with E-state index in [0.29, 0.717) is 9.13 Å². The van der Waals surface area contributed by atoms with Gasteiger partial charge in [-0.15, -0.1) is 0 Å². The standard InChI is InChI=1S/C13H10FIN2O2/c14-10-3-1-9(2-4-10)12(18)5-6-17-8-16-7-11(15)13(17)19/h1-4,7-8H,5-6H2. The summed E-state index contributed by atoms with van der Waals surface area (Å²) in [7, 11) is 0. The lowest BCUT2D eigenvalue weighted by molar-refractivity contribution is 0.0976. The van der Waals surface area contributed by atoms with Crippen molar-refractivity contribution in [3.8, 4) is 0 Å². The van der Waals surface area contributed by atoms with E-state index in [1.165, 1.54) is 41.4 Å². The molecule has 19 heavy (non-hydrogen) atoms. The predicted molar refractivity (Wildman–Crippen MR) is 76.6 cm³/mol. The molecular weight excluding hydrogens is 362 g/mol. The fraction of sp³-hybridized carbons (Fsp3) is 0.154. The molecule has 0 radical (unpaired) electrons. The highest BCUT2D eigenvalue weighted by Gasteiger charge is 2.07. The third-order valence-corrected chi connectivity index (χ3v) is 3.35. The Bertz CT molecular complexity index is 652. The first kappa shape index (κ1) is 13.9. The van der Waals surface area contributed by atoms with Gasteiger partial charge in [-0.2, -0.15) is 0 Å². The minimum atomic E-state index is -0.380. The lowest BCUT2D eigenvalue weighted by Crippen LogP contribution is -2.23. The van der Waals surface area contributed by atoms with Gasteiger partial charge in [-0.1, -0.05) is 0 Å². The molecule has 0 N–H and O–H groups in total. The summed E-state index contributed by atoms with van der Waals surface area (Å²) in [6, 6.07) is 5.36. The van der Waals surface area contributed by atoms with Gasteiger partial charge in [0.15, 0.2) is 5.78 Å². The van der Waals surface area contributed by atoms with Crippen LogP contribution in [0.5, 0.6) is 0 Å². The van der Waals surface area contributed by atoms with Gasteiger partial charge in [-0.25, -0.2) is 9.37 Å². The zero-order chi connectivity index (χ0) is 13.8. The molecule has 4 nitrogen and oxygen atoms in total. The predicted octanol–water partition coefficient (Wildman–Crippen LogP) is 2.26. The van der Waals surface area contributed by atoms with Gasteiger partial charge < -0.3 is 0 Å². The van der Waals surface area contributed by atoms with E-state index in [9.17, 15) is 14.0 Å². The number of nitrogens with zero attached hydrogens (tertiary/aromatic N) is 2. The Labute approximate surface area is 122 Å². The largest absolute Gasteiger partial charge is 0.298 e. The number of benzene rings is 1. The molecule has 1 aromatic carbocycles. The van der Waals surface area contributed by atoms with E-state index in [1.54, 1.807) is 0 Å². The van der Waals surface area contributed by atoms with E-state index in [-0.39, 0.29) is 30.1 Å². The van der Waals surface area contributed by atoms with Crippen molar-refractivity contribution in [1.29, 1.82) is 0 Å². The summed E-state index contributed by atoms with van der Waals surface area (Å²) < 4.78 is 14.6. The molecule has 2 rings (SSSR count). The maximum Gasteiger partial charge on any atom is 0.266 e. The lowest BCUT2D eigenvalue weighted by Gasteiger charge is -2.05. The van der Waals surface area contributed by atoms with Gasteiger partial charge in [-0.05, 0) is 46.9 Å². The van der Waals surface area contributed by atoms with E-state index in [0.717, 1.165) is 0 Å². The number of Topliss-reactive ketones (excluding diaryl/α,β-unsaturated/α-hetero) is 1. The summed E-state index contributed by atoms with van der Waals surface area (Å²) in [5.41, 5.74) is 0.274. The molecule has 0 amide bonds. The molecule has 0 saturated carbocycles. The number of aryl methyl sites for hydroxylation is 1. The highest BCUT2D eigenvalue weighted by atomic mass is 127. The van der Waals surface area contributed by atoms with Crippen molar-refractivity contribution in [3.05, 3.63) is 62.1 Å². The summed E-state index contributed by atoms with van der Waals surface area (Å²) in [5, 5.41) is 0. The Hall–Kier alpha value is -1.57. The number of carbonyl (C=O) groups excluding carboxylic acids is 1. The number of rotatable bonds is 4. The Morgan fingerprint density at radius 3 is 2.68 bits per heavy atom. The Morgan fingerprint density at radius 2 is 2.00 bits per heavy atom. The molecule has 1 heterocycles. The third-order valence-electron chi connectivity index (χ3n) is 2.61. The van der Waals surface area contributed by atoms with E-state index < -0.39 is 0 Å². The first-order valence-electron chi connectivity index (χ1n) is 5.56. The van der Waals surface area contributed by atoms with Gasteiger partial charge in [0, 0.05) is 24.7 Å². The van der Waals surface area contributed by atoms with Crippen LogP contribution in [0.1, 0.15) is 16.8 Å². The Kier molecular flexibility index (Phi) is 4.41. The van der Waals surface area contributed by atoms with E-state index in [2.05, 4.69) is 4.98 Å². The first-order chi connectivity index (χ1) is 9.08. The topological polar surface area (TPSA) is 52.0 Å². The lowest BCUT2D eigenvalue weighted by atomic mass is 10.1. The van der Waals surface area contributed by atoms with Crippen molar-refractivity contribution in [3.63, 3.8) is 0 Å². The van der Waals surface area contributed by atoms with Crippen LogP contribution in [-0.4, -0.2) is 15.3 Å². The maximum absolute atomic E-state index is 12.7. The number of carbonyl (C=O) groups is 1. The Morgan fingerprint density at radius 1 is 1.32 bits per heavy atom. The van der Waals surface area contributed by atoms with Crippen molar-refractivity contribution >= 4 is 28.4 Å². The number of halogens is 2. The smallest absolute Gasteiger partial charge is 0.266 e. The second kappa shape index (κ2) is 6.05. The molecular formula is C13H10FIN2O2. The van der Waals surface area contributed by atoms with E-state index >= 15 is 0 Å². The molecule has 0 spiro atoms. The SMILES string of the molecule is O=C(CCn1cncc(I)c1=O)c1ccc(F)cc1. The molecule has 0 atom stereocenters. The van der Waals surface area contributed by atoms with Gasteiger partial charge >= 0.3 is 0 Å². The number of aromatic nitrogens is 2. The normalized spacial score (nSPS) is 10.4. The molecule has 1 aromatic heterocycles. The highest BCUT2D eigenvalue weighted by molar-refractivity contribution is 14.1. The zero-order valence-corrected chi connectivity index (χ0v) is 12.0. The summed E-state index contributed by atoms with van der Waals surface area (Å²) in [6.45, 7) is 0.263. The van der Waals surface area contributed by atoms with Crippen LogP contribution < -0.4 is 5.56 Å². The quantitative estimate of drug-likeness (QED) is 0.611. The molecule has 0 aliphatic rings. The zero-order valence-electron chi connectivity index (χ0n) is 9.85. The van der Waals surface area contributed by atoms with Crippen LogP contribution in [0.25, 0.3) is 0 Å². The van der Waals surface area contributed by atoms with Crippen LogP contribution in [0.15, 0.2) is 41.6 Å². The van der Waals surface area contributed by atoms with E-state index in [4.69, 9.17) is 0 Å². The molecule has 6 heteroatoms. The fourth-order valence-corrected chi connectivity index (χ4v) is 2.06. The number of hydrogen-bond donors (Lipinski definition) is 0. The van der Waals surface area contributed by atoms with Crippen LogP contribution in [0.3, 0.4) is 0 Å². The molecule has 0 saturated heterocycles. The fourth-order valence-electron chi connectivity index (χ4n) is 1.59. The Balaban J connectivity index is 2.06. The van der Waals surface area contributed by atoms with Gasteiger partial charge in [0.05, 0.1) is 9.90 Å². The second-order valence-electron chi connectivity index (χ2n) is 3.92. The first-order valence-corrected chi connectivity index (χ1v) is 6.64. The van der Waals surface area contributed by atoms with Gasteiger partial charge in [0.25, 0.3) is 5.56 Å². The van der Waals surface area contributed by atoms with Crippen molar-refractivity contribution in [2.24, 2.45) is 0 Å². The molecule has 98 valence electrons. The summed E-state index contributed by atoms with van der Waals surface area (Å²) in [5.74, 6) is -0.514. The monoisotopic (exact) mass is 372 g/mol. The van der Waals surface area contributed by atoms with Crippen molar-refractivity contribution < 1.29 is 9.18 Å². The van der Waals surface area contributed by atoms with Crippen LogP contribution in [-0.2, 0) is 6.54 Å². The van der Waals surface area contributed by atoms with Gasteiger partial charge in [-0.3, -0.25) is 14.2 Å². The molecule has 0 unspecified atom stereocenters. The molecule has 0 bridgehead atoms. The summed E-state index contributed by atoms with van der Waals surface area (Å²) in [4.78, 5) is 27.5. The van der Waals surface area contributed by atoms with Crippen molar-refractivity contribution in [2.75, 3.05) is 0 Å². The van der Waals surface area contributed by atoms with Crippen molar-refractivity contribution in [2.45, 2.75) is 13.0 Å². The molecule has 0 fully saturated rings. The van der Waals surface area contributed by atoms with Crippen LogP contribution >= 0.6 is 22.6 Å². The molecule has 0 aliphatic carbocycles. The number of ketones is 1. The summed E-state index contributed by atoms with van der Waals surface area (Å²) >= 11 is 1.90. The van der Waals surface area contributed by atoms with Crippen LogP contribution in [0, 0.1) is 9.39 Å². The second-order valence-corrected chi connectivity index (χ2v) is 5.08. The average Bonchev–Trinajstić information content (AvgIpc) is 2.41. The third kappa shape index (κ3) is 3.46. The number of hydrogen-bond acceptors (Lipinski definition) is 3. The molecule has 2 aromatic rings. The average molecular weight is 372 g/mol. The van der Waals surface area contributed by atoms with Crippen molar-refractivity contribution in [1.82, 2.24) is 9.55 Å². The van der Waals surface area contributed by atoms with Crippen LogP contribution in [0.2, 0.25) is 0 Å². The summed E-state index contributed by atoms with van der Waals surface area (Å²) in [6.07, 6.45) is 3.05. The minimum absolute atomic E-state index is 0.134. The molecule has 0 aliphatic heterocycles. The van der Waals surface area contributed by atoms with E-state index in [1.807, 2.05) is 22.6 Å². The highest BCUT2D eigenvalue weighted by Crippen LogP contribution is 2.06. The maximum atomic E-state index is 12.7. The van der Waals surface area contributed by atoms with Gasteiger partial charge in [0.1, 0.15) is 5.82 Å². The minimum Gasteiger partial charge on any atom is -0.298 e. The van der Waals surface area contributed by atoms with Crippen LogP contribution in [0.4, 0.5) is 4.39 Å².